The number of carbonyl (C=O) groups excluding carboxylic acids is 1. The zero-order valence-corrected chi connectivity index (χ0v) is 8.76. The molecule has 0 N–H and O–H groups in total. The average molecular weight is 313 g/mol. The molecule has 1 aromatic rings. The Balaban J connectivity index is 3.26. The van der Waals surface area contributed by atoms with Gasteiger partial charge in [-0.2, -0.15) is 18.2 Å². The van der Waals surface area contributed by atoms with E-state index in [0.717, 1.165) is 12.1 Å². The molecule has 0 bridgehead atoms. The van der Waals surface area contributed by atoms with E-state index < -0.39 is 11.7 Å². The minimum atomic E-state index is -4.42. The third-order valence-corrected chi connectivity index (χ3v) is 2.35. The highest BCUT2D eigenvalue weighted by Crippen LogP contribution is 2.33. The van der Waals surface area contributed by atoms with Crippen molar-refractivity contribution in [2.45, 2.75) is 6.18 Å². The summed E-state index contributed by atoms with van der Waals surface area (Å²) in [5.41, 5.74) is -0.845. The predicted molar refractivity (Wildman–Crippen MR) is 51.9 cm³/mol. The monoisotopic (exact) mass is 313 g/mol. The van der Waals surface area contributed by atoms with Gasteiger partial charge in [0.15, 0.2) is 0 Å². The Labute approximate surface area is 91.0 Å². The molecule has 0 saturated carbocycles. The number of aliphatic imine (C=N–C) groups is 1. The van der Waals surface area contributed by atoms with Crippen molar-refractivity contribution in [1.82, 2.24) is 0 Å². The van der Waals surface area contributed by atoms with Crippen molar-refractivity contribution in [3.8, 4) is 0 Å². The summed E-state index contributed by atoms with van der Waals surface area (Å²) in [4.78, 5) is 13.1. The number of hydrogen-bond acceptors (Lipinski definition) is 2. The first-order valence-electron chi connectivity index (χ1n) is 3.40. The van der Waals surface area contributed by atoms with Gasteiger partial charge in [0.1, 0.15) is 0 Å². The van der Waals surface area contributed by atoms with Crippen molar-refractivity contribution in [3.05, 3.63) is 27.3 Å². The SMILES string of the molecule is O=C=Nc1cc(C(F)(F)F)ccc1I. The molecule has 0 aromatic heterocycles. The molecule has 2 nitrogen and oxygen atoms in total. The van der Waals surface area contributed by atoms with Crippen LogP contribution in [0, 0.1) is 3.57 Å². The second kappa shape index (κ2) is 4.10. The minimum absolute atomic E-state index is 0.0181. The summed E-state index contributed by atoms with van der Waals surface area (Å²) in [6, 6.07) is 3.00. The van der Waals surface area contributed by atoms with Gasteiger partial charge in [-0.15, -0.1) is 0 Å². The van der Waals surface area contributed by atoms with Gasteiger partial charge < -0.3 is 0 Å². The maximum atomic E-state index is 12.2. The molecule has 0 aliphatic carbocycles. The highest BCUT2D eigenvalue weighted by Gasteiger charge is 2.30. The lowest BCUT2D eigenvalue weighted by atomic mass is 10.2. The van der Waals surface area contributed by atoms with Gasteiger partial charge >= 0.3 is 6.18 Å². The number of hydrogen-bond donors (Lipinski definition) is 0. The lowest BCUT2D eigenvalue weighted by Gasteiger charge is -2.07. The molecule has 0 atom stereocenters. The normalized spacial score (nSPS) is 10.9. The van der Waals surface area contributed by atoms with Crippen LogP contribution in [0.3, 0.4) is 0 Å². The highest BCUT2D eigenvalue weighted by atomic mass is 127. The topological polar surface area (TPSA) is 29.4 Å². The number of alkyl halides is 3. The quantitative estimate of drug-likeness (QED) is 0.444. The lowest BCUT2D eigenvalue weighted by Crippen LogP contribution is -2.04. The molecule has 0 fully saturated rings. The van der Waals surface area contributed by atoms with E-state index in [0.29, 0.717) is 3.57 Å². The molecule has 0 aliphatic rings. The Morgan fingerprint density at radius 3 is 2.50 bits per heavy atom. The summed E-state index contributed by atoms with van der Waals surface area (Å²) >= 11 is 1.79. The van der Waals surface area contributed by atoms with Crippen LogP contribution in [0.2, 0.25) is 0 Å². The molecule has 0 spiro atoms. The fourth-order valence-electron chi connectivity index (χ4n) is 0.824. The van der Waals surface area contributed by atoms with E-state index in [1.54, 1.807) is 22.6 Å². The Bertz CT molecular complexity index is 396. The molecule has 1 rings (SSSR count). The van der Waals surface area contributed by atoms with Gasteiger partial charge in [0, 0.05) is 3.57 Å². The number of benzene rings is 1. The Kier molecular flexibility index (Phi) is 3.28. The van der Waals surface area contributed by atoms with Crippen molar-refractivity contribution in [2.24, 2.45) is 4.99 Å². The Morgan fingerprint density at radius 1 is 1.36 bits per heavy atom. The maximum absolute atomic E-state index is 12.2. The van der Waals surface area contributed by atoms with Crippen molar-refractivity contribution >= 4 is 34.4 Å². The lowest BCUT2D eigenvalue weighted by molar-refractivity contribution is -0.137. The van der Waals surface area contributed by atoms with E-state index in [4.69, 9.17) is 0 Å². The van der Waals surface area contributed by atoms with Crippen LogP contribution < -0.4 is 0 Å². The van der Waals surface area contributed by atoms with Gasteiger partial charge in [0.25, 0.3) is 0 Å². The third-order valence-electron chi connectivity index (χ3n) is 1.44. The minimum Gasteiger partial charge on any atom is -0.211 e. The van der Waals surface area contributed by atoms with Crippen LogP contribution >= 0.6 is 22.6 Å². The van der Waals surface area contributed by atoms with E-state index in [9.17, 15) is 18.0 Å². The van der Waals surface area contributed by atoms with Crippen LogP contribution in [0.4, 0.5) is 18.9 Å². The molecule has 74 valence electrons. The third kappa shape index (κ3) is 2.55. The fourth-order valence-corrected chi connectivity index (χ4v) is 1.28. The summed E-state index contributed by atoms with van der Waals surface area (Å²) in [7, 11) is 0. The van der Waals surface area contributed by atoms with Gasteiger partial charge in [0.2, 0.25) is 6.08 Å². The fraction of sp³-hybridized carbons (Fsp3) is 0.125. The molecule has 0 saturated heterocycles. The van der Waals surface area contributed by atoms with Crippen LogP contribution in [0.25, 0.3) is 0 Å². The van der Waals surface area contributed by atoms with E-state index in [-0.39, 0.29) is 5.69 Å². The first-order valence-corrected chi connectivity index (χ1v) is 4.47. The number of halogens is 4. The molecule has 0 unspecified atom stereocenters. The van der Waals surface area contributed by atoms with Crippen LogP contribution in [-0.2, 0) is 11.0 Å². The van der Waals surface area contributed by atoms with E-state index in [1.807, 2.05) is 0 Å². The zero-order valence-electron chi connectivity index (χ0n) is 6.60. The predicted octanol–water partition coefficient (Wildman–Crippen LogP) is 3.28. The van der Waals surface area contributed by atoms with Crippen molar-refractivity contribution in [1.29, 1.82) is 0 Å². The van der Waals surface area contributed by atoms with Crippen LogP contribution in [0.1, 0.15) is 5.56 Å². The summed E-state index contributed by atoms with van der Waals surface area (Å²) in [6.45, 7) is 0. The van der Waals surface area contributed by atoms with Crippen molar-refractivity contribution < 1.29 is 18.0 Å². The average Bonchev–Trinajstić information content (AvgIpc) is 2.07. The molecular weight excluding hydrogens is 310 g/mol. The molecule has 1 aromatic carbocycles. The van der Waals surface area contributed by atoms with Gasteiger partial charge in [-0.25, -0.2) is 4.79 Å². The van der Waals surface area contributed by atoms with E-state index >= 15 is 0 Å². The van der Waals surface area contributed by atoms with Crippen LogP contribution in [-0.4, -0.2) is 6.08 Å². The van der Waals surface area contributed by atoms with Gasteiger partial charge in [0.05, 0.1) is 11.3 Å². The molecule has 6 heteroatoms. The smallest absolute Gasteiger partial charge is 0.211 e. The van der Waals surface area contributed by atoms with Crippen molar-refractivity contribution in [3.63, 3.8) is 0 Å². The van der Waals surface area contributed by atoms with E-state index in [1.165, 1.54) is 12.1 Å². The first kappa shape index (κ1) is 11.2. The van der Waals surface area contributed by atoms with Gasteiger partial charge in [-0.05, 0) is 40.8 Å². The summed E-state index contributed by atoms with van der Waals surface area (Å²) < 4.78 is 37.1. The Morgan fingerprint density at radius 2 is 2.00 bits per heavy atom. The van der Waals surface area contributed by atoms with Gasteiger partial charge in [-0.1, -0.05) is 0 Å². The maximum Gasteiger partial charge on any atom is 0.416 e. The molecule has 14 heavy (non-hydrogen) atoms. The van der Waals surface area contributed by atoms with Crippen molar-refractivity contribution in [2.75, 3.05) is 0 Å². The molecule has 0 amide bonds. The molecule has 0 heterocycles. The standard InChI is InChI=1S/C8H3F3INO/c9-8(10,11)5-1-2-6(12)7(3-5)13-4-14/h1-3H. The molecule has 0 radical (unpaired) electrons. The summed E-state index contributed by atoms with van der Waals surface area (Å²) in [5, 5.41) is 0. The zero-order chi connectivity index (χ0) is 10.8. The number of isocyanates is 1. The summed E-state index contributed by atoms with van der Waals surface area (Å²) in [6.07, 6.45) is -3.21. The molecular formula is C8H3F3INO. The van der Waals surface area contributed by atoms with Crippen LogP contribution in [0.5, 0.6) is 0 Å². The number of rotatable bonds is 1. The second-order valence-electron chi connectivity index (χ2n) is 2.37. The molecule has 0 aliphatic heterocycles. The van der Waals surface area contributed by atoms with E-state index in [2.05, 4.69) is 4.99 Å². The Hall–Kier alpha value is -0.880. The van der Waals surface area contributed by atoms with Gasteiger partial charge in [-0.3, -0.25) is 0 Å². The second-order valence-corrected chi connectivity index (χ2v) is 3.53. The highest BCUT2D eigenvalue weighted by molar-refractivity contribution is 14.1. The first-order chi connectivity index (χ1) is 6.45. The summed E-state index contributed by atoms with van der Waals surface area (Å²) in [5.74, 6) is 0. The largest absolute Gasteiger partial charge is 0.416 e. The van der Waals surface area contributed by atoms with Crippen LogP contribution in [0.15, 0.2) is 23.2 Å². The number of nitrogens with zero attached hydrogens (tertiary/aromatic N) is 1.